The van der Waals surface area contributed by atoms with E-state index >= 15 is 0 Å². The summed E-state index contributed by atoms with van der Waals surface area (Å²) in [5, 5.41) is 16.8. The van der Waals surface area contributed by atoms with Gasteiger partial charge in [-0.15, -0.1) is 10.2 Å². The third-order valence-corrected chi connectivity index (χ3v) is 6.16. The number of aryl methyl sites for hydroxylation is 1. The van der Waals surface area contributed by atoms with Crippen LogP contribution in [0.5, 0.6) is 5.88 Å². The number of carbonyl (C=O) groups excluding carboxylic acids is 1. The third kappa shape index (κ3) is 6.78. The number of rotatable bonds is 6. The first-order valence-electron chi connectivity index (χ1n) is 12.3. The van der Waals surface area contributed by atoms with Gasteiger partial charge in [0, 0.05) is 30.6 Å². The Morgan fingerprint density at radius 3 is 2.46 bits per heavy atom. The molecule has 9 nitrogen and oxygen atoms in total. The lowest BCUT2D eigenvalue weighted by molar-refractivity contribution is 0.0256. The molecule has 0 saturated carbocycles. The van der Waals surface area contributed by atoms with E-state index in [1.54, 1.807) is 34.7 Å². The van der Waals surface area contributed by atoms with E-state index in [0.717, 1.165) is 25.0 Å². The molecule has 3 aromatic rings. The van der Waals surface area contributed by atoms with Crippen molar-refractivity contribution in [2.24, 2.45) is 0 Å². The highest BCUT2D eigenvalue weighted by Crippen LogP contribution is 2.28. The molecular weight excluding hydrogens is 482 g/mol. The van der Waals surface area contributed by atoms with Crippen LogP contribution in [-0.4, -0.2) is 54.9 Å². The Morgan fingerprint density at radius 1 is 1.05 bits per heavy atom. The van der Waals surface area contributed by atoms with Crippen molar-refractivity contribution < 1.29 is 23.0 Å². The van der Waals surface area contributed by atoms with Crippen LogP contribution in [0.25, 0.3) is 5.69 Å². The van der Waals surface area contributed by atoms with Crippen LogP contribution < -0.4 is 4.74 Å². The van der Waals surface area contributed by atoms with E-state index in [1.165, 1.54) is 12.1 Å². The van der Waals surface area contributed by atoms with E-state index < -0.39 is 12.0 Å². The van der Waals surface area contributed by atoms with E-state index in [4.69, 9.17) is 9.47 Å². The molecule has 0 N–H and O–H groups in total. The highest BCUT2D eigenvalue weighted by Gasteiger charge is 2.26. The predicted molar refractivity (Wildman–Crippen MR) is 132 cm³/mol. The molecule has 0 bridgehead atoms. The summed E-state index contributed by atoms with van der Waals surface area (Å²) >= 11 is 0. The van der Waals surface area contributed by atoms with Crippen molar-refractivity contribution in [1.82, 2.24) is 30.1 Å². The molecule has 11 heteroatoms. The number of alkyl halides is 2. The lowest BCUT2D eigenvalue weighted by atomic mass is 9.97. The molecule has 4 rings (SSSR count). The lowest BCUT2D eigenvalue weighted by Gasteiger charge is -2.26. The second-order valence-corrected chi connectivity index (χ2v) is 10.1. The van der Waals surface area contributed by atoms with Gasteiger partial charge in [-0.25, -0.2) is 18.3 Å². The monoisotopic (exact) mass is 514 g/mol. The summed E-state index contributed by atoms with van der Waals surface area (Å²) in [7, 11) is 0. The molecule has 1 unspecified atom stereocenters. The van der Waals surface area contributed by atoms with Gasteiger partial charge in [-0.3, -0.25) is 0 Å². The van der Waals surface area contributed by atoms with Gasteiger partial charge in [0.1, 0.15) is 17.9 Å². The molecule has 1 aliphatic rings. The highest BCUT2D eigenvalue weighted by molar-refractivity contribution is 5.68. The minimum atomic E-state index is -2.53. The first-order chi connectivity index (χ1) is 17.6. The van der Waals surface area contributed by atoms with Gasteiger partial charge < -0.3 is 14.4 Å². The molecule has 0 aliphatic carbocycles. The van der Waals surface area contributed by atoms with E-state index in [2.05, 4.69) is 20.5 Å². The number of hydrogen-bond acceptors (Lipinski definition) is 7. The zero-order valence-corrected chi connectivity index (χ0v) is 21.5. The Kier molecular flexibility index (Phi) is 7.99. The normalized spacial score (nSPS) is 16.5. The van der Waals surface area contributed by atoms with Gasteiger partial charge in [-0.05, 0) is 65.2 Å². The van der Waals surface area contributed by atoms with Crippen molar-refractivity contribution in [3.8, 4) is 11.6 Å². The Bertz CT molecular complexity index is 1190. The zero-order valence-electron chi connectivity index (χ0n) is 21.5. The van der Waals surface area contributed by atoms with Crippen LogP contribution in [0.4, 0.5) is 13.6 Å². The maximum absolute atomic E-state index is 12.9. The van der Waals surface area contributed by atoms with Gasteiger partial charge in [0.15, 0.2) is 0 Å². The molecule has 1 aromatic carbocycles. The fourth-order valence-corrected chi connectivity index (χ4v) is 4.18. The smallest absolute Gasteiger partial charge is 0.410 e. The van der Waals surface area contributed by atoms with E-state index in [-0.39, 0.29) is 24.2 Å². The number of amides is 1. The summed E-state index contributed by atoms with van der Waals surface area (Å²) in [5.74, 6) is 0.547. The second kappa shape index (κ2) is 11.2. The minimum absolute atomic E-state index is 0.0556. The highest BCUT2D eigenvalue weighted by atomic mass is 19.3. The first-order valence-corrected chi connectivity index (χ1v) is 12.3. The van der Waals surface area contributed by atoms with Crippen LogP contribution >= 0.6 is 0 Å². The molecule has 1 saturated heterocycles. The van der Waals surface area contributed by atoms with Crippen LogP contribution in [-0.2, 0) is 11.3 Å². The third-order valence-electron chi connectivity index (χ3n) is 6.16. The molecule has 1 aliphatic heterocycles. The topological polar surface area (TPSA) is 95.3 Å². The molecule has 1 amide bonds. The number of aromatic nitrogens is 5. The average Bonchev–Trinajstić information content (AvgIpc) is 3.05. The van der Waals surface area contributed by atoms with E-state index in [1.807, 2.05) is 26.8 Å². The molecule has 0 radical (unpaired) electrons. The number of hydrogen-bond donors (Lipinski definition) is 0. The van der Waals surface area contributed by atoms with Gasteiger partial charge in [-0.1, -0.05) is 17.3 Å². The summed E-state index contributed by atoms with van der Waals surface area (Å²) < 4.78 is 38.7. The van der Waals surface area contributed by atoms with Crippen LogP contribution in [0, 0.1) is 6.92 Å². The molecule has 1 fully saturated rings. The quantitative estimate of drug-likeness (QED) is 0.435. The molecule has 3 heterocycles. The molecule has 198 valence electrons. The summed E-state index contributed by atoms with van der Waals surface area (Å²) in [6.45, 7) is 8.80. The first kappa shape index (κ1) is 26.4. The van der Waals surface area contributed by atoms with E-state index in [9.17, 15) is 13.6 Å². The van der Waals surface area contributed by atoms with Gasteiger partial charge in [0.2, 0.25) is 5.88 Å². The molecular formula is C26H32F2N6O3. The second-order valence-electron chi connectivity index (χ2n) is 10.1. The van der Waals surface area contributed by atoms with Gasteiger partial charge in [-0.2, -0.15) is 5.10 Å². The Hall–Kier alpha value is -3.63. The average molecular weight is 515 g/mol. The number of ether oxygens (including phenoxy) is 2. The fraction of sp³-hybridized carbons (Fsp3) is 0.500. The van der Waals surface area contributed by atoms with Crippen molar-refractivity contribution in [2.45, 2.75) is 71.5 Å². The number of halogens is 2. The van der Waals surface area contributed by atoms with Crippen LogP contribution in [0.3, 0.4) is 0 Å². The maximum Gasteiger partial charge on any atom is 0.410 e. The summed E-state index contributed by atoms with van der Waals surface area (Å²) in [6.07, 6.45) is -0.265. The minimum Gasteiger partial charge on any atom is -0.470 e. The SMILES string of the molecule is Cc1nnn(-c2ccc(C(F)F)cc2)c1COc1ccc(C2CCCN(C(=O)OC(C)(C)C)CC2)nn1. The molecule has 0 spiro atoms. The van der Waals surface area contributed by atoms with Gasteiger partial charge in [0.05, 0.1) is 17.1 Å². The lowest BCUT2D eigenvalue weighted by Crippen LogP contribution is -2.37. The summed E-state index contributed by atoms with van der Waals surface area (Å²) in [5.41, 5.74) is 2.24. The van der Waals surface area contributed by atoms with Crippen molar-refractivity contribution >= 4 is 6.09 Å². The number of benzene rings is 1. The van der Waals surface area contributed by atoms with Crippen molar-refractivity contribution in [3.05, 3.63) is 59.0 Å². The zero-order chi connectivity index (χ0) is 26.6. The number of carbonyl (C=O) groups is 1. The largest absolute Gasteiger partial charge is 0.470 e. The Labute approximate surface area is 214 Å². The molecule has 37 heavy (non-hydrogen) atoms. The van der Waals surface area contributed by atoms with Crippen LogP contribution in [0.2, 0.25) is 0 Å². The van der Waals surface area contributed by atoms with Crippen LogP contribution in [0.15, 0.2) is 36.4 Å². The molecule has 2 aromatic heterocycles. The van der Waals surface area contributed by atoms with Crippen molar-refractivity contribution in [1.29, 1.82) is 0 Å². The predicted octanol–water partition coefficient (Wildman–Crippen LogP) is 5.39. The number of nitrogens with zero attached hydrogens (tertiary/aromatic N) is 6. The number of likely N-dealkylation sites (tertiary alicyclic amines) is 1. The maximum atomic E-state index is 12.9. The van der Waals surface area contributed by atoms with Crippen molar-refractivity contribution in [3.63, 3.8) is 0 Å². The standard InChI is InChI=1S/C26H32F2N6O3/c1-17-22(34(32-29-17)20-9-7-19(8-10-20)24(27)28)16-36-23-12-11-21(30-31-23)18-6-5-14-33(15-13-18)25(35)37-26(2,3)4/h7-12,18,24H,5-6,13-16H2,1-4H3. The van der Waals surface area contributed by atoms with Crippen LogP contribution in [0.1, 0.15) is 75.0 Å². The van der Waals surface area contributed by atoms with E-state index in [0.29, 0.717) is 36.0 Å². The van der Waals surface area contributed by atoms with Gasteiger partial charge >= 0.3 is 6.09 Å². The molecule has 1 atom stereocenters. The fourth-order valence-electron chi connectivity index (χ4n) is 4.18. The van der Waals surface area contributed by atoms with Crippen molar-refractivity contribution in [2.75, 3.05) is 13.1 Å². The Morgan fingerprint density at radius 2 is 1.81 bits per heavy atom. The summed E-state index contributed by atoms with van der Waals surface area (Å²) in [6, 6.07) is 9.56. The van der Waals surface area contributed by atoms with Gasteiger partial charge in [0.25, 0.3) is 6.43 Å². The Balaban J connectivity index is 1.36. The summed E-state index contributed by atoms with van der Waals surface area (Å²) in [4.78, 5) is 14.2.